The number of fused-ring (bicyclic) bond motifs is 1. The lowest BCUT2D eigenvalue weighted by atomic mass is 9.67. The van der Waals surface area contributed by atoms with Gasteiger partial charge >= 0.3 is 5.92 Å². The molecule has 200 valence electrons. The summed E-state index contributed by atoms with van der Waals surface area (Å²) < 4.78 is 60.5. The second kappa shape index (κ2) is 11.3. The van der Waals surface area contributed by atoms with Gasteiger partial charge in [-0.05, 0) is 53.2 Å². The van der Waals surface area contributed by atoms with Crippen molar-refractivity contribution in [2.75, 3.05) is 0 Å². The molecule has 4 rings (SSSR count). The number of hydrogen-bond acceptors (Lipinski definition) is 2. The molecule has 0 bridgehead atoms. The van der Waals surface area contributed by atoms with Crippen molar-refractivity contribution in [3.8, 4) is 0 Å². The Morgan fingerprint density at radius 3 is 2.66 bits per heavy atom. The Bertz CT molecular complexity index is 1430. The molecule has 38 heavy (non-hydrogen) atoms. The maximum Gasteiger partial charge on any atom is 0.313 e. The largest absolute Gasteiger partial charge is 0.313 e. The average molecular weight is 544 g/mol. The van der Waals surface area contributed by atoms with Gasteiger partial charge in [-0.3, -0.25) is 10.1 Å². The Balaban J connectivity index is 1.32. The van der Waals surface area contributed by atoms with Gasteiger partial charge in [-0.15, -0.1) is 0 Å². The number of hydrogen-bond donors (Lipinski definition) is 2. The van der Waals surface area contributed by atoms with Gasteiger partial charge in [0.25, 0.3) is 0 Å². The van der Waals surface area contributed by atoms with Gasteiger partial charge in [-0.25, -0.2) is 8.78 Å². The van der Waals surface area contributed by atoms with Crippen molar-refractivity contribution < 1.29 is 23.0 Å². The standard InChI is InChI=1S/C29H31F4N4P/c1-17-7-9-21(17)18(2)22-10-8-20(15-25(22)30)38-14-13-19(34)5-4-6-27(35)29(32,33)24-11-12-26-23(28(24)31)16-37(3)36-26/h4-5,8,10-18,21,34-35,38H,6-7,9H2,1-3H3/p+1/b5-4+,14-13-,34-19?,35-27?/t17-,18?,21?/m1/s1. The molecular weight excluding hydrogens is 511 g/mol. The predicted molar refractivity (Wildman–Crippen MR) is 147 cm³/mol. The fourth-order valence-electron chi connectivity index (χ4n) is 4.97. The number of aromatic nitrogens is 2. The zero-order valence-electron chi connectivity index (χ0n) is 21.6. The Labute approximate surface area is 221 Å². The van der Waals surface area contributed by atoms with E-state index in [4.69, 9.17) is 10.8 Å². The zero-order valence-corrected chi connectivity index (χ0v) is 22.6. The number of nitrogens with two attached hydrogens (primary N) is 1. The normalized spacial score (nSPS) is 19.1. The summed E-state index contributed by atoms with van der Waals surface area (Å²) >= 11 is 0. The highest BCUT2D eigenvalue weighted by molar-refractivity contribution is 7.50. The average Bonchev–Trinajstić information content (AvgIpc) is 3.24. The van der Waals surface area contributed by atoms with E-state index >= 15 is 0 Å². The van der Waals surface area contributed by atoms with Crippen LogP contribution in [0.15, 0.2) is 60.6 Å². The minimum Gasteiger partial charge on any atom is -0.303 e. The number of rotatable bonds is 10. The molecule has 0 spiro atoms. The minimum atomic E-state index is -3.78. The first-order valence-electron chi connectivity index (χ1n) is 12.6. The van der Waals surface area contributed by atoms with E-state index in [0.717, 1.165) is 23.4 Å². The number of nitrogens with zero attached hydrogens (tertiary/aromatic N) is 2. The lowest BCUT2D eigenvalue weighted by molar-refractivity contribution is -0.110. The maximum absolute atomic E-state index is 14.9. The first kappa shape index (κ1) is 27.9. The van der Waals surface area contributed by atoms with E-state index < -0.39 is 29.4 Å². The fourth-order valence-corrected chi connectivity index (χ4v) is 5.82. The van der Waals surface area contributed by atoms with Crippen LogP contribution in [0.1, 0.15) is 50.2 Å². The molecule has 1 aliphatic rings. The van der Waals surface area contributed by atoms with E-state index in [1.54, 1.807) is 25.0 Å². The van der Waals surface area contributed by atoms with Crippen LogP contribution in [0.4, 0.5) is 17.6 Å². The van der Waals surface area contributed by atoms with Crippen LogP contribution >= 0.6 is 8.58 Å². The third kappa shape index (κ3) is 5.80. The van der Waals surface area contributed by atoms with Crippen LogP contribution in [0.2, 0.25) is 0 Å². The van der Waals surface area contributed by atoms with Gasteiger partial charge in [0.05, 0.1) is 22.2 Å². The smallest absolute Gasteiger partial charge is 0.303 e. The zero-order chi connectivity index (χ0) is 27.6. The van der Waals surface area contributed by atoms with Crippen LogP contribution in [0.3, 0.4) is 0 Å². The predicted octanol–water partition coefficient (Wildman–Crippen LogP) is 5.78. The van der Waals surface area contributed by atoms with Gasteiger partial charge in [0, 0.05) is 31.8 Å². The Morgan fingerprint density at radius 2 is 2.00 bits per heavy atom. The van der Waals surface area contributed by atoms with Gasteiger partial charge in [0.15, 0.2) is 5.71 Å². The van der Waals surface area contributed by atoms with Crippen molar-refractivity contribution >= 4 is 36.2 Å². The molecule has 1 aromatic heterocycles. The van der Waals surface area contributed by atoms with Crippen LogP contribution in [0.5, 0.6) is 0 Å². The molecule has 3 unspecified atom stereocenters. The summed E-state index contributed by atoms with van der Waals surface area (Å²) in [4.78, 5) is 0. The summed E-state index contributed by atoms with van der Waals surface area (Å²) in [7, 11) is 1.76. The van der Waals surface area contributed by atoms with E-state index in [9.17, 15) is 17.6 Å². The fraction of sp³-hybridized carbons (Fsp3) is 0.345. The van der Waals surface area contributed by atoms with Crippen molar-refractivity contribution in [1.82, 2.24) is 9.78 Å². The number of benzene rings is 2. The van der Waals surface area contributed by atoms with Crippen LogP contribution in [0.25, 0.3) is 10.9 Å². The highest BCUT2D eigenvalue weighted by Crippen LogP contribution is 2.44. The molecule has 1 saturated carbocycles. The van der Waals surface area contributed by atoms with Crippen molar-refractivity contribution in [3.63, 3.8) is 0 Å². The van der Waals surface area contributed by atoms with Gasteiger partial charge in [-0.2, -0.15) is 13.9 Å². The van der Waals surface area contributed by atoms with Gasteiger partial charge in [-0.1, -0.05) is 52.9 Å². The third-order valence-electron chi connectivity index (χ3n) is 7.43. The maximum atomic E-state index is 14.9. The SMILES string of the molecule is CC(c1ccc(P/C=C\C(=[NH2+])/C=C/CC(=N)C(F)(F)c2ccc3nn(C)cc3c2F)cc1F)C1CC[C@H]1C. The second-order valence-electron chi connectivity index (χ2n) is 10.0. The molecule has 1 aliphatic carbocycles. The molecule has 9 heteroatoms. The Morgan fingerprint density at radius 1 is 1.24 bits per heavy atom. The van der Waals surface area contributed by atoms with Crippen molar-refractivity contribution in [3.05, 3.63) is 83.3 Å². The van der Waals surface area contributed by atoms with Crippen LogP contribution in [0, 0.1) is 28.9 Å². The molecule has 4 atom stereocenters. The molecule has 4 nitrogen and oxygen atoms in total. The summed E-state index contributed by atoms with van der Waals surface area (Å²) in [6.45, 7) is 4.31. The summed E-state index contributed by atoms with van der Waals surface area (Å²) in [5.74, 6) is -1.90. The Hall–Kier alpha value is -3.12. The summed E-state index contributed by atoms with van der Waals surface area (Å²) in [5.41, 5.74) is -0.476. The molecule has 3 aromatic rings. The first-order chi connectivity index (χ1) is 18.0. The number of halogens is 4. The molecule has 0 saturated heterocycles. The first-order valence-corrected chi connectivity index (χ1v) is 13.7. The molecule has 1 heterocycles. The molecule has 2 aromatic carbocycles. The lowest BCUT2D eigenvalue weighted by Crippen LogP contribution is -2.36. The highest BCUT2D eigenvalue weighted by atomic mass is 31.1. The van der Waals surface area contributed by atoms with E-state index in [0.29, 0.717) is 17.5 Å². The molecule has 1 fully saturated rings. The quantitative estimate of drug-likeness (QED) is 0.190. The van der Waals surface area contributed by atoms with Crippen LogP contribution < -0.4 is 10.7 Å². The molecule has 0 aliphatic heterocycles. The van der Waals surface area contributed by atoms with Gasteiger partial charge < -0.3 is 5.41 Å². The van der Waals surface area contributed by atoms with E-state index in [-0.39, 0.29) is 31.2 Å². The summed E-state index contributed by atoms with van der Waals surface area (Å²) in [6.07, 6.45) is 7.67. The van der Waals surface area contributed by atoms with Crippen molar-refractivity contribution in [1.29, 1.82) is 5.41 Å². The molecular formula is C29H32F4N4P+. The topological polar surface area (TPSA) is 67.3 Å². The van der Waals surface area contributed by atoms with E-state index in [2.05, 4.69) is 18.9 Å². The van der Waals surface area contributed by atoms with E-state index in [1.807, 2.05) is 12.1 Å². The highest BCUT2D eigenvalue weighted by Gasteiger charge is 2.39. The summed E-state index contributed by atoms with van der Waals surface area (Å²) in [6, 6.07) is 7.65. The number of alkyl halides is 2. The minimum absolute atomic E-state index is 0.0199. The van der Waals surface area contributed by atoms with Crippen LogP contribution in [-0.2, 0) is 13.0 Å². The number of nitrogens with one attached hydrogen (secondary N) is 1. The molecule has 3 N–H and O–H groups in total. The summed E-state index contributed by atoms with van der Waals surface area (Å²) in [5, 5.41) is 18.6. The van der Waals surface area contributed by atoms with Crippen molar-refractivity contribution in [2.45, 2.75) is 45.0 Å². The Kier molecular flexibility index (Phi) is 8.31. The van der Waals surface area contributed by atoms with Gasteiger partial charge in [0.1, 0.15) is 11.6 Å². The molecule has 0 amide bonds. The number of aryl methyl sites for hydroxylation is 1. The third-order valence-corrected chi connectivity index (χ3v) is 8.41. The second-order valence-corrected chi connectivity index (χ2v) is 11.2. The van der Waals surface area contributed by atoms with E-state index in [1.165, 1.54) is 35.5 Å². The van der Waals surface area contributed by atoms with Crippen molar-refractivity contribution in [2.24, 2.45) is 18.9 Å². The lowest BCUT2D eigenvalue weighted by Gasteiger charge is -2.38. The number of allylic oxidation sites excluding steroid dienone is 3. The van der Waals surface area contributed by atoms with Crippen LogP contribution in [-0.4, -0.2) is 21.2 Å². The van der Waals surface area contributed by atoms with Gasteiger partial charge in [0.2, 0.25) is 0 Å². The monoisotopic (exact) mass is 543 g/mol. The molecule has 0 radical (unpaired) electrons.